The molecule has 0 radical (unpaired) electrons. The van der Waals surface area contributed by atoms with Crippen molar-refractivity contribution in [3.8, 4) is 0 Å². The van der Waals surface area contributed by atoms with Gasteiger partial charge >= 0.3 is 7.12 Å². The lowest BCUT2D eigenvalue weighted by atomic mass is 9.73. The molecule has 2 rings (SSSR count). The molecule has 1 aromatic rings. The number of rotatable bonds is 2. The number of benzene rings is 1. The molecule has 1 fully saturated rings. The highest BCUT2D eigenvalue weighted by atomic mass is 16.7. The molecule has 0 bridgehead atoms. The van der Waals surface area contributed by atoms with Crippen LogP contribution in [-0.2, 0) is 9.31 Å². The van der Waals surface area contributed by atoms with Crippen LogP contribution < -0.4 is 5.46 Å². The zero-order valence-electron chi connectivity index (χ0n) is 13.2. The SMILES string of the molecule is Cc1ccc(C(C)C)c(B2OC(C)(C)C(C)(C)O2)c1. The molecular formula is C16H25BO2. The first-order chi connectivity index (χ1) is 8.64. The van der Waals surface area contributed by atoms with Crippen molar-refractivity contribution in [2.75, 3.05) is 0 Å². The van der Waals surface area contributed by atoms with Gasteiger partial charge in [-0.05, 0) is 51.6 Å². The van der Waals surface area contributed by atoms with Gasteiger partial charge in [-0.1, -0.05) is 37.6 Å². The first kappa shape index (κ1) is 14.6. The molecule has 0 spiro atoms. The van der Waals surface area contributed by atoms with Crippen molar-refractivity contribution in [1.82, 2.24) is 0 Å². The summed E-state index contributed by atoms with van der Waals surface area (Å²) < 4.78 is 12.3. The molecule has 0 aliphatic carbocycles. The molecular weight excluding hydrogens is 235 g/mol. The molecule has 2 nitrogen and oxygen atoms in total. The summed E-state index contributed by atoms with van der Waals surface area (Å²) in [6, 6.07) is 6.54. The number of hydrogen-bond acceptors (Lipinski definition) is 2. The van der Waals surface area contributed by atoms with Crippen molar-refractivity contribution in [3.63, 3.8) is 0 Å². The van der Waals surface area contributed by atoms with Gasteiger partial charge in [0.15, 0.2) is 0 Å². The van der Waals surface area contributed by atoms with Crippen molar-refractivity contribution in [2.45, 2.75) is 65.6 Å². The second-order valence-electron chi connectivity index (χ2n) is 6.88. The lowest BCUT2D eigenvalue weighted by Gasteiger charge is -2.32. The first-order valence-electron chi connectivity index (χ1n) is 7.10. The van der Waals surface area contributed by atoms with Gasteiger partial charge in [0.05, 0.1) is 11.2 Å². The number of hydrogen-bond donors (Lipinski definition) is 0. The molecule has 19 heavy (non-hydrogen) atoms. The maximum atomic E-state index is 6.17. The van der Waals surface area contributed by atoms with E-state index in [0.717, 1.165) is 0 Å². The Kier molecular flexibility index (Phi) is 3.57. The van der Waals surface area contributed by atoms with Gasteiger partial charge < -0.3 is 9.31 Å². The van der Waals surface area contributed by atoms with Crippen molar-refractivity contribution in [3.05, 3.63) is 29.3 Å². The van der Waals surface area contributed by atoms with Crippen LogP contribution in [0.1, 0.15) is 58.6 Å². The van der Waals surface area contributed by atoms with Crippen LogP contribution in [0.2, 0.25) is 0 Å². The average Bonchev–Trinajstić information content (AvgIpc) is 2.47. The minimum Gasteiger partial charge on any atom is -0.399 e. The molecule has 1 saturated heterocycles. The van der Waals surface area contributed by atoms with Gasteiger partial charge in [-0.15, -0.1) is 0 Å². The quantitative estimate of drug-likeness (QED) is 0.758. The third-order valence-corrected chi connectivity index (χ3v) is 4.37. The normalized spacial score (nSPS) is 21.2. The molecule has 0 atom stereocenters. The molecule has 1 aromatic carbocycles. The predicted octanol–water partition coefficient (Wildman–Crippen LogP) is 3.42. The van der Waals surface area contributed by atoms with Crippen LogP contribution in [0.4, 0.5) is 0 Å². The van der Waals surface area contributed by atoms with Gasteiger partial charge in [0, 0.05) is 0 Å². The van der Waals surface area contributed by atoms with Crippen LogP contribution in [0.25, 0.3) is 0 Å². The van der Waals surface area contributed by atoms with Crippen molar-refractivity contribution >= 4 is 12.6 Å². The molecule has 0 unspecified atom stereocenters. The van der Waals surface area contributed by atoms with Gasteiger partial charge in [-0.2, -0.15) is 0 Å². The summed E-state index contributed by atoms with van der Waals surface area (Å²) in [6.07, 6.45) is 0. The Morgan fingerprint density at radius 2 is 1.53 bits per heavy atom. The minimum atomic E-state index is -0.282. The summed E-state index contributed by atoms with van der Waals surface area (Å²) >= 11 is 0. The Balaban J connectivity index is 2.41. The number of aryl methyl sites for hydroxylation is 1. The Labute approximate surface area is 117 Å². The fourth-order valence-electron chi connectivity index (χ4n) is 2.39. The molecule has 0 aromatic heterocycles. The van der Waals surface area contributed by atoms with Crippen molar-refractivity contribution in [1.29, 1.82) is 0 Å². The topological polar surface area (TPSA) is 18.5 Å². The van der Waals surface area contributed by atoms with Gasteiger partial charge in [0.1, 0.15) is 0 Å². The minimum absolute atomic E-state index is 0.262. The van der Waals surface area contributed by atoms with Crippen molar-refractivity contribution in [2.24, 2.45) is 0 Å². The van der Waals surface area contributed by atoms with Crippen LogP contribution in [0.3, 0.4) is 0 Å². The zero-order valence-corrected chi connectivity index (χ0v) is 13.2. The summed E-state index contributed by atoms with van der Waals surface area (Å²) in [5.41, 5.74) is 3.16. The van der Waals surface area contributed by atoms with E-state index in [0.29, 0.717) is 5.92 Å². The molecule has 0 amide bonds. The Bertz CT molecular complexity index is 462. The standard InChI is InChI=1S/C16H25BO2/c1-11(2)13-9-8-12(3)10-14(13)17-18-15(4,5)16(6,7)19-17/h8-11H,1-7H3. The summed E-state index contributed by atoms with van der Waals surface area (Å²) in [6.45, 7) is 14.9. The van der Waals surface area contributed by atoms with E-state index in [-0.39, 0.29) is 18.3 Å². The lowest BCUT2D eigenvalue weighted by molar-refractivity contribution is 0.00578. The highest BCUT2D eigenvalue weighted by molar-refractivity contribution is 6.62. The summed E-state index contributed by atoms with van der Waals surface area (Å²) in [4.78, 5) is 0. The van der Waals surface area contributed by atoms with Gasteiger partial charge in [-0.25, -0.2) is 0 Å². The molecule has 3 heteroatoms. The fraction of sp³-hybridized carbons (Fsp3) is 0.625. The summed E-state index contributed by atoms with van der Waals surface area (Å²) in [5, 5.41) is 0. The molecule has 1 aliphatic heterocycles. The maximum Gasteiger partial charge on any atom is 0.495 e. The highest BCUT2D eigenvalue weighted by Crippen LogP contribution is 2.37. The van der Waals surface area contributed by atoms with E-state index in [1.54, 1.807) is 0 Å². The zero-order chi connectivity index (χ0) is 14.4. The summed E-state index contributed by atoms with van der Waals surface area (Å²) in [7, 11) is -0.262. The van der Waals surface area contributed by atoms with Crippen LogP contribution in [0.5, 0.6) is 0 Å². The second-order valence-corrected chi connectivity index (χ2v) is 6.88. The predicted molar refractivity (Wildman–Crippen MR) is 81.0 cm³/mol. The fourth-order valence-corrected chi connectivity index (χ4v) is 2.39. The Hall–Kier alpha value is -0.795. The van der Waals surface area contributed by atoms with E-state index >= 15 is 0 Å². The van der Waals surface area contributed by atoms with E-state index in [1.165, 1.54) is 16.6 Å². The van der Waals surface area contributed by atoms with E-state index in [9.17, 15) is 0 Å². The third kappa shape index (κ3) is 2.59. The lowest BCUT2D eigenvalue weighted by Crippen LogP contribution is -2.41. The van der Waals surface area contributed by atoms with Crippen LogP contribution >= 0.6 is 0 Å². The highest BCUT2D eigenvalue weighted by Gasteiger charge is 2.52. The third-order valence-electron chi connectivity index (χ3n) is 4.37. The van der Waals surface area contributed by atoms with Gasteiger partial charge in [-0.3, -0.25) is 0 Å². The van der Waals surface area contributed by atoms with E-state index in [4.69, 9.17) is 9.31 Å². The van der Waals surface area contributed by atoms with Crippen LogP contribution in [0.15, 0.2) is 18.2 Å². The molecule has 1 aliphatic rings. The van der Waals surface area contributed by atoms with E-state index < -0.39 is 0 Å². The monoisotopic (exact) mass is 260 g/mol. The van der Waals surface area contributed by atoms with E-state index in [2.05, 4.69) is 66.7 Å². The molecule has 0 N–H and O–H groups in total. The molecule has 104 valence electrons. The average molecular weight is 260 g/mol. The molecule has 1 heterocycles. The van der Waals surface area contributed by atoms with Crippen molar-refractivity contribution < 1.29 is 9.31 Å². The van der Waals surface area contributed by atoms with E-state index in [1.807, 2.05) is 0 Å². The van der Waals surface area contributed by atoms with Crippen LogP contribution in [0, 0.1) is 6.92 Å². The summed E-state index contributed by atoms with van der Waals surface area (Å²) in [5.74, 6) is 0.467. The Morgan fingerprint density at radius 3 is 2.00 bits per heavy atom. The molecule has 0 saturated carbocycles. The second kappa shape index (κ2) is 4.64. The maximum absolute atomic E-state index is 6.17. The first-order valence-corrected chi connectivity index (χ1v) is 7.10. The van der Waals surface area contributed by atoms with Gasteiger partial charge in [0.25, 0.3) is 0 Å². The smallest absolute Gasteiger partial charge is 0.399 e. The Morgan fingerprint density at radius 1 is 1.00 bits per heavy atom. The largest absolute Gasteiger partial charge is 0.495 e. The van der Waals surface area contributed by atoms with Crippen LogP contribution in [-0.4, -0.2) is 18.3 Å². The van der Waals surface area contributed by atoms with Gasteiger partial charge in [0.2, 0.25) is 0 Å².